The lowest BCUT2D eigenvalue weighted by atomic mass is 9.94. The van der Waals surface area contributed by atoms with Crippen LogP contribution in [0.4, 0.5) is 11.4 Å². The van der Waals surface area contributed by atoms with Crippen LogP contribution in [0.2, 0.25) is 0 Å². The molecular weight excluding hydrogens is 528 g/mol. The highest BCUT2D eigenvalue weighted by Gasteiger charge is 2.26. The number of carbonyl (C=O) groups is 4. The molecule has 0 aliphatic heterocycles. The van der Waals surface area contributed by atoms with E-state index < -0.39 is 0 Å². The summed E-state index contributed by atoms with van der Waals surface area (Å²) < 4.78 is 0. The number of anilines is 2. The summed E-state index contributed by atoms with van der Waals surface area (Å²) in [6.45, 7) is 0. The van der Waals surface area contributed by atoms with Gasteiger partial charge in [-0.1, -0.05) is 62.8 Å². The second-order valence-electron chi connectivity index (χ2n) is 11.8. The summed E-state index contributed by atoms with van der Waals surface area (Å²) in [4.78, 5) is 55.5. The normalized spacial score (nSPS) is 16.0. The second kappa shape index (κ2) is 15.5. The van der Waals surface area contributed by atoms with Crippen LogP contribution in [-0.4, -0.2) is 59.6 Å². The van der Waals surface area contributed by atoms with Gasteiger partial charge in [-0.3, -0.25) is 19.2 Å². The molecule has 0 spiro atoms. The second-order valence-corrected chi connectivity index (χ2v) is 11.8. The van der Waals surface area contributed by atoms with Crippen molar-refractivity contribution >= 4 is 35.0 Å². The number of benzene rings is 2. The molecule has 0 unspecified atom stereocenters. The van der Waals surface area contributed by atoms with E-state index in [1.165, 1.54) is 12.8 Å². The standard InChI is InChI=1S/C34H46N4O4/c1-37(25-15-5-3-6-16-25)33(41)27-19-9-11-21-29(27)35-31(39)23-13-14-24-32(40)36-30-22-12-10-20-28(30)34(42)38(2)26-17-7-4-8-18-26/h9-12,19-22,25-26H,3-8,13-18,23-24H2,1-2H3,(H,35,39)(H,36,40). The molecule has 8 heteroatoms. The smallest absolute Gasteiger partial charge is 0.255 e. The summed E-state index contributed by atoms with van der Waals surface area (Å²) >= 11 is 0. The van der Waals surface area contributed by atoms with Crippen LogP contribution >= 0.6 is 0 Å². The number of nitrogens with one attached hydrogen (secondary N) is 2. The van der Waals surface area contributed by atoms with E-state index in [1.54, 1.807) is 24.3 Å². The Morgan fingerprint density at radius 1 is 0.595 bits per heavy atom. The van der Waals surface area contributed by atoms with Crippen molar-refractivity contribution in [2.45, 2.75) is 102 Å². The maximum absolute atomic E-state index is 13.2. The first-order chi connectivity index (χ1) is 20.3. The highest BCUT2D eigenvalue weighted by atomic mass is 16.2. The number of nitrogens with zero attached hydrogens (tertiary/aromatic N) is 2. The van der Waals surface area contributed by atoms with Crippen molar-refractivity contribution in [3.63, 3.8) is 0 Å². The zero-order valence-corrected chi connectivity index (χ0v) is 25.2. The van der Waals surface area contributed by atoms with Crippen LogP contribution in [0.15, 0.2) is 48.5 Å². The van der Waals surface area contributed by atoms with E-state index in [0.29, 0.717) is 35.3 Å². The van der Waals surface area contributed by atoms with E-state index in [0.717, 1.165) is 51.4 Å². The minimum absolute atomic E-state index is 0.0711. The molecule has 2 fully saturated rings. The Bertz CT molecular complexity index is 1140. The molecule has 0 aromatic heterocycles. The van der Waals surface area contributed by atoms with Crippen molar-refractivity contribution in [3.05, 3.63) is 59.7 Å². The van der Waals surface area contributed by atoms with Gasteiger partial charge in [-0.15, -0.1) is 0 Å². The fourth-order valence-electron chi connectivity index (χ4n) is 6.20. The summed E-state index contributed by atoms with van der Waals surface area (Å²) in [7, 11) is 3.70. The van der Waals surface area contributed by atoms with E-state index in [1.807, 2.05) is 48.2 Å². The van der Waals surface area contributed by atoms with Crippen LogP contribution in [0, 0.1) is 0 Å². The highest BCUT2D eigenvalue weighted by molar-refractivity contribution is 6.04. The number of amides is 4. The van der Waals surface area contributed by atoms with Gasteiger partial charge in [0.1, 0.15) is 0 Å². The molecule has 8 nitrogen and oxygen atoms in total. The Labute approximate surface area is 250 Å². The average Bonchev–Trinajstić information content (AvgIpc) is 3.03. The van der Waals surface area contributed by atoms with Gasteiger partial charge in [0.2, 0.25) is 11.8 Å². The molecule has 2 aromatic rings. The molecule has 0 saturated heterocycles. The number of hydrogen-bond acceptors (Lipinski definition) is 4. The molecule has 0 heterocycles. The number of rotatable bonds is 11. The lowest BCUT2D eigenvalue weighted by Gasteiger charge is -2.31. The van der Waals surface area contributed by atoms with Crippen LogP contribution in [0.3, 0.4) is 0 Å². The topological polar surface area (TPSA) is 98.8 Å². The van der Waals surface area contributed by atoms with Crippen molar-refractivity contribution in [2.24, 2.45) is 0 Å². The minimum atomic E-state index is -0.183. The largest absolute Gasteiger partial charge is 0.339 e. The minimum Gasteiger partial charge on any atom is -0.339 e. The van der Waals surface area contributed by atoms with Crippen LogP contribution in [0.1, 0.15) is 111 Å². The highest BCUT2D eigenvalue weighted by Crippen LogP contribution is 2.26. The van der Waals surface area contributed by atoms with Crippen molar-refractivity contribution in [1.29, 1.82) is 0 Å². The maximum Gasteiger partial charge on any atom is 0.255 e. The summed E-state index contributed by atoms with van der Waals surface area (Å²) in [5.74, 6) is -0.508. The number of unbranched alkanes of at least 4 members (excludes halogenated alkanes) is 1. The van der Waals surface area contributed by atoms with Gasteiger partial charge in [0.05, 0.1) is 22.5 Å². The van der Waals surface area contributed by atoms with Crippen molar-refractivity contribution in [3.8, 4) is 0 Å². The Hall–Kier alpha value is -3.68. The Kier molecular flexibility index (Phi) is 11.6. The predicted octanol–water partition coefficient (Wildman–Crippen LogP) is 6.63. The molecule has 2 aliphatic rings. The predicted molar refractivity (Wildman–Crippen MR) is 167 cm³/mol. The van der Waals surface area contributed by atoms with Gasteiger partial charge in [0.15, 0.2) is 0 Å². The zero-order chi connectivity index (χ0) is 29.9. The van der Waals surface area contributed by atoms with E-state index in [2.05, 4.69) is 10.6 Å². The molecule has 0 atom stereocenters. The van der Waals surface area contributed by atoms with Crippen LogP contribution in [0.25, 0.3) is 0 Å². The molecule has 2 saturated carbocycles. The van der Waals surface area contributed by atoms with E-state index in [9.17, 15) is 19.2 Å². The Morgan fingerprint density at radius 3 is 1.33 bits per heavy atom. The Morgan fingerprint density at radius 2 is 0.952 bits per heavy atom. The first-order valence-corrected chi connectivity index (χ1v) is 15.7. The molecule has 0 radical (unpaired) electrons. The quantitative estimate of drug-likeness (QED) is 0.294. The SMILES string of the molecule is CN(C(=O)c1ccccc1NC(=O)CCCCC(=O)Nc1ccccc1C(=O)N(C)C1CCCCC1)C1CCCCC1. The van der Waals surface area contributed by atoms with Crippen LogP contribution in [-0.2, 0) is 9.59 Å². The molecular formula is C34H46N4O4. The fraction of sp³-hybridized carbons (Fsp3) is 0.529. The summed E-state index contributed by atoms with van der Waals surface area (Å²) in [5, 5.41) is 5.81. The average molecular weight is 575 g/mol. The lowest BCUT2D eigenvalue weighted by molar-refractivity contribution is -0.118. The van der Waals surface area contributed by atoms with E-state index >= 15 is 0 Å². The number of carbonyl (C=O) groups excluding carboxylic acids is 4. The molecule has 2 aliphatic carbocycles. The number of para-hydroxylation sites is 2. The van der Waals surface area contributed by atoms with Crippen molar-refractivity contribution in [2.75, 3.05) is 24.7 Å². The van der Waals surface area contributed by atoms with Gasteiger partial charge in [0.25, 0.3) is 11.8 Å². The van der Waals surface area contributed by atoms with Gasteiger partial charge in [-0.25, -0.2) is 0 Å². The molecule has 4 rings (SSSR count). The summed E-state index contributed by atoms with van der Waals surface area (Å²) in [5.41, 5.74) is 2.04. The molecule has 0 bridgehead atoms. The van der Waals surface area contributed by atoms with E-state index in [-0.39, 0.29) is 48.6 Å². The number of hydrogen-bond donors (Lipinski definition) is 2. The van der Waals surface area contributed by atoms with E-state index in [4.69, 9.17) is 0 Å². The van der Waals surface area contributed by atoms with Gasteiger partial charge in [-0.05, 0) is 62.8 Å². The molecule has 2 N–H and O–H groups in total. The van der Waals surface area contributed by atoms with Gasteiger partial charge < -0.3 is 20.4 Å². The first-order valence-electron chi connectivity index (χ1n) is 15.7. The van der Waals surface area contributed by atoms with Gasteiger partial charge in [0, 0.05) is 39.0 Å². The third-order valence-corrected chi connectivity index (χ3v) is 8.81. The third-order valence-electron chi connectivity index (χ3n) is 8.81. The fourth-order valence-corrected chi connectivity index (χ4v) is 6.20. The Balaban J connectivity index is 1.24. The maximum atomic E-state index is 13.2. The molecule has 2 aromatic carbocycles. The monoisotopic (exact) mass is 574 g/mol. The molecule has 4 amide bonds. The van der Waals surface area contributed by atoms with Crippen LogP contribution < -0.4 is 10.6 Å². The lowest BCUT2D eigenvalue weighted by Crippen LogP contribution is -2.38. The summed E-state index contributed by atoms with van der Waals surface area (Å²) in [6, 6.07) is 14.8. The summed E-state index contributed by atoms with van der Waals surface area (Å²) in [6.07, 6.45) is 12.6. The van der Waals surface area contributed by atoms with Crippen molar-refractivity contribution in [1.82, 2.24) is 9.80 Å². The van der Waals surface area contributed by atoms with Crippen molar-refractivity contribution < 1.29 is 19.2 Å². The molecule has 42 heavy (non-hydrogen) atoms. The van der Waals surface area contributed by atoms with Crippen LogP contribution in [0.5, 0.6) is 0 Å². The zero-order valence-electron chi connectivity index (χ0n) is 25.2. The first kappa shape index (κ1) is 31.3. The van der Waals surface area contributed by atoms with Gasteiger partial charge >= 0.3 is 0 Å². The molecule has 226 valence electrons. The third kappa shape index (κ3) is 8.43. The van der Waals surface area contributed by atoms with Gasteiger partial charge in [-0.2, -0.15) is 0 Å².